The number of carboxylic acids is 1. The van der Waals surface area contributed by atoms with Crippen molar-refractivity contribution >= 4 is 33.3 Å². The third-order valence-corrected chi connectivity index (χ3v) is 3.31. The summed E-state index contributed by atoms with van der Waals surface area (Å²) in [5.74, 6) is -0.912. The molecule has 2 rings (SSSR count). The Morgan fingerprint density at radius 3 is 2.50 bits per heavy atom. The number of anilines is 2. The van der Waals surface area contributed by atoms with Crippen molar-refractivity contribution in [3.05, 3.63) is 58.1 Å². The molecule has 0 bridgehead atoms. The summed E-state index contributed by atoms with van der Waals surface area (Å²) in [6.45, 7) is 1.88. The molecule has 3 nitrogen and oxygen atoms in total. The molecule has 0 unspecified atom stereocenters. The molecule has 0 heterocycles. The average Bonchev–Trinajstić information content (AvgIpc) is 2.34. The maximum atomic E-state index is 10.8. The molecular formula is C14H12BrNO2. The zero-order chi connectivity index (χ0) is 13.1. The lowest BCUT2D eigenvalue weighted by molar-refractivity contribution is 0.0697. The quantitative estimate of drug-likeness (QED) is 0.893. The van der Waals surface area contributed by atoms with E-state index in [1.165, 1.54) is 0 Å². The van der Waals surface area contributed by atoms with Crippen LogP contribution in [0.2, 0.25) is 0 Å². The summed E-state index contributed by atoms with van der Waals surface area (Å²) in [6, 6.07) is 12.8. The van der Waals surface area contributed by atoms with Crippen LogP contribution >= 0.6 is 15.9 Å². The number of rotatable bonds is 3. The van der Waals surface area contributed by atoms with Gasteiger partial charge in [0.25, 0.3) is 0 Å². The second-order valence-corrected chi connectivity index (χ2v) is 4.79. The molecule has 0 aliphatic carbocycles. The molecule has 2 N–H and O–H groups in total. The number of hydrogen-bond donors (Lipinski definition) is 2. The summed E-state index contributed by atoms with van der Waals surface area (Å²) >= 11 is 3.46. The highest BCUT2D eigenvalue weighted by atomic mass is 79.9. The van der Waals surface area contributed by atoms with E-state index >= 15 is 0 Å². The summed E-state index contributed by atoms with van der Waals surface area (Å²) in [7, 11) is 0. The number of aryl methyl sites for hydroxylation is 1. The first kappa shape index (κ1) is 12.6. The van der Waals surface area contributed by atoms with Crippen LogP contribution in [0.25, 0.3) is 0 Å². The number of para-hydroxylation sites is 1. The molecule has 0 amide bonds. The minimum atomic E-state index is -0.912. The lowest BCUT2D eigenvalue weighted by Gasteiger charge is -2.11. The molecule has 0 aliphatic heterocycles. The van der Waals surface area contributed by atoms with Crippen LogP contribution in [-0.4, -0.2) is 11.1 Å². The minimum Gasteiger partial charge on any atom is -0.478 e. The van der Waals surface area contributed by atoms with Gasteiger partial charge in [-0.25, -0.2) is 4.79 Å². The molecule has 92 valence electrons. The highest BCUT2D eigenvalue weighted by Crippen LogP contribution is 2.27. The highest BCUT2D eigenvalue weighted by Gasteiger charge is 2.06. The van der Waals surface area contributed by atoms with Crippen molar-refractivity contribution in [2.45, 2.75) is 6.92 Å². The van der Waals surface area contributed by atoms with Crippen LogP contribution in [0.15, 0.2) is 46.9 Å². The fraction of sp³-hybridized carbons (Fsp3) is 0.0714. The molecule has 18 heavy (non-hydrogen) atoms. The smallest absolute Gasteiger partial charge is 0.335 e. The van der Waals surface area contributed by atoms with Gasteiger partial charge in [0.1, 0.15) is 0 Å². The fourth-order valence-corrected chi connectivity index (χ4v) is 2.03. The third kappa shape index (κ3) is 2.71. The highest BCUT2D eigenvalue weighted by molar-refractivity contribution is 9.10. The van der Waals surface area contributed by atoms with Crippen LogP contribution in [0, 0.1) is 6.92 Å². The number of benzene rings is 2. The van der Waals surface area contributed by atoms with E-state index in [1.807, 2.05) is 31.2 Å². The van der Waals surface area contributed by atoms with Gasteiger partial charge < -0.3 is 10.4 Å². The van der Waals surface area contributed by atoms with Gasteiger partial charge in [0.2, 0.25) is 0 Å². The van der Waals surface area contributed by atoms with Crippen LogP contribution < -0.4 is 5.32 Å². The number of nitrogens with one attached hydrogen (secondary N) is 1. The molecule has 0 spiro atoms. The summed E-state index contributed by atoms with van der Waals surface area (Å²) < 4.78 is 0.965. The van der Waals surface area contributed by atoms with Crippen molar-refractivity contribution in [1.82, 2.24) is 0 Å². The van der Waals surface area contributed by atoms with Gasteiger partial charge in [-0.3, -0.25) is 0 Å². The number of aromatic carboxylic acids is 1. The van der Waals surface area contributed by atoms with E-state index in [0.29, 0.717) is 5.56 Å². The van der Waals surface area contributed by atoms with Crippen molar-refractivity contribution in [3.63, 3.8) is 0 Å². The first-order chi connectivity index (χ1) is 8.58. The minimum absolute atomic E-state index is 0.296. The van der Waals surface area contributed by atoms with Crippen LogP contribution in [0.1, 0.15) is 15.9 Å². The van der Waals surface area contributed by atoms with Crippen molar-refractivity contribution in [3.8, 4) is 0 Å². The van der Waals surface area contributed by atoms with Crippen molar-refractivity contribution in [2.24, 2.45) is 0 Å². The van der Waals surface area contributed by atoms with Crippen LogP contribution in [0.3, 0.4) is 0 Å². The maximum absolute atomic E-state index is 10.8. The van der Waals surface area contributed by atoms with Crippen LogP contribution in [0.4, 0.5) is 11.4 Å². The maximum Gasteiger partial charge on any atom is 0.335 e. The second kappa shape index (κ2) is 5.23. The van der Waals surface area contributed by atoms with E-state index in [1.54, 1.807) is 18.2 Å². The van der Waals surface area contributed by atoms with E-state index in [2.05, 4.69) is 21.2 Å². The first-order valence-electron chi connectivity index (χ1n) is 5.43. The number of halogens is 1. The molecule has 4 heteroatoms. The second-order valence-electron chi connectivity index (χ2n) is 3.94. The largest absolute Gasteiger partial charge is 0.478 e. The predicted molar refractivity (Wildman–Crippen MR) is 75.6 cm³/mol. The zero-order valence-electron chi connectivity index (χ0n) is 9.77. The summed E-state index contributed by atoms with van der Waals surface area (Å²) in [5, 5.41) is 12.2. The van der Waals surface area contributed by atoms with Crippen molar-refractivity contribution in [1.29, 1.82) is 0 Å². The van der Waals surface area contributed by atoms with Gasteiger partial charge in [0.05, 0.1) is 11.3 Å². The Bertz CT molecular complexity index is 596. The zero-order valence-corrected chi connectivity index (χ0v) is 11.4. The summed E-state index contributed by atoms with van der Waals surface area (Å²) in [5.41, 5.74) is 3.03. The summed E-state index contributed by atoms with van der Waals surface area (Å²) in [6.07, 6.45) is 0. The van der Waals surface area contributed by atoms with E-state index in [9.17, 15) is 4.79 Å². The first-order valence-corrected chi connectivity index (χ1v) is 6.23. The molecule has 0 radical (unpaired) electrons. The lowest BCUT2D eigenvalue weighted by Crippen LogP contribution is -1.99. The fourth-order valence-electron chi connectivity index (χ4n) is 1.64. The van der Waals surface area contributed by atoms with Gasteiger partial charge in [0, 0.05) is 10.2 Å². The predicted octanol–water partition coefficient (Wildman–Crippen LogP) is 4.20. The Morgan fingerprint density at radius 2 is 1.89 bits per heavy atom. The molecule has 0 fully saturated rings. The van der Waals surface area contributed by atoms with E-state index in [0.717, 1.165) is 21.4 Å². The molecular weight excluding hydrogens is 294 g/mol. The normalized spacial score (nSPS) is 10.1. The Labute approximate surface area is 114 Å². The molecule has 0 atom stereocenters. The molecule has 0 aromatic heterocycles. The molecule has 0 saturated heterocycles. The third-order valence-electron chi connectivity index (χ3n) is 2.62. The topological polar surface area (TPSA) is 49.3 Å². The van der Waals surface area contributed by atoms with E-state index in [4.69, 9.17) is 5.11 Å². The lowest BCUT2D eigenvalue weighted by atomic mass is 10.1. The van der Waals surface area contributed by atoms with Crippen LogP contribution in [-0.2, 0) is 0 Å². The van der Waals surface area contributed by atoms with Crippen molar-refractivity contribution < 1.29 is 9.90 Å². The van der Waals surface area contributed by atoms with Gasteiger partial charge in [-0.05, 0) is 58.7 Å². The van der Waals surface area contributed by atoms with E-state index in [-0.39, 0.29) is 0 Å². The number of carboxylic acid groups (broad SMARTS) is 1. The Balaban J connectivity index is 2.30. The van der Waals surface area contributed by atoms with Gasteiger partial charge in [0.15, 0.2) is 0 Å². The average molecular weight is 306 g/mol. The Hall–Kier alpha value is -1.81. The molecule has 0 aliphatic rings. The molecule has 2 aromatic carbocycles. The van der Waals surface area contributed by atoms with Gasteiger partial charge in [-0.1, -0.05) is 12.1 Å². The number of carbonyl (C=O) groups is 1. The Kier molecular flexibility index (Phi) is 3.67. The van der Waals surface area contributed by atoms with Crippen LogP contribution in [0.5, 0.6) is 0 Å². The van der Waals surface area contributed by atoms with Gasteiger partial charge in [-0.2, -0.15) is 0 Å². The van der Waals surface area contributed by atoms with Crippen molar-refractivity contribution in [2.75, 3.05) is 5.32 Å². The standard InChI is InChI=1S/C14H12BrNO2/c1-9-8-10(14(17)18)6-7-12(9)16-13-5-3-2-4-11(13)15/h2-8,16H,1H3,(H,17,18). The number of hydrogen-bond acceptors (Lipinski definition) is 2. The molecule has 2 aromatic rings. The Morgan fingerprint density at radius 1 is 1.17 bits per heavy atom. The van der Waals surface area contributed by atoms with E-state index < -0.39 is 5.97 Å². The van der Waals surface area contributed by atoms with Gasteiger partial charge in [-0.15, -0.1) is 0 Å². The SMILES string of the molecule is Cc1cc(C(=O)O)ccc1Nc1ccccc1Br. The van der Waals surface area contributed by atoms with Gasteiger partial charge >= 0.3 is 5.97 Å². The summed E-state index contributed by atoms with van der Waals surface area (Å²) in [4.78, 5) is 10.8. The monoisotopic (exact) mass is 305 g/mol. The molecule has 0 saturated carbocycles.